The van der Waals surface area contributed by atoms with Crippen LogP contribution >= 0.6 is 0 Å². The summed E-state index contributed by atoms with van der Waals surface area (Å²) in [4.78, 5) is 58.6. The molecule has 0 aromatic rings. The number of hydrogen-bond acceptors (Lipinski definition) is 10. The third kappa shape index (κ3) is 356. The quantitative estimate of drug-likeness (QED) is 0.104. The van der Waals surface area contributed by atoms with Crippen LogP contribution in [-0.2, 0) is 10.4 Å². The fourth-order valence-electron chi connectivity index (χ4n) is 0. The van der Waals surface area contributed by atoms with Crippen LogP contribution in [0.15, 0.2) is 0 Å². The molecule has 0 aromatic heterocycles. The van der Waals surface area contributed by atoms with Crippen LogP contribution < -0.4 is 0 Å². The van der Waals surface area contributed by atoms with Crippen LogP contribution in [0.5, 0.6) is 0 Å². The molecule has 0 saturated carbocycles. The second-order valence-corrected chi connectivity index (χ2v) is 4.94. The molecular formula is H23AlCa5O12SSi2. The minimum atomic E-state index is -4.67. The van der Waals surface area contributed by atoms with E-state index in [2.05, 4.69) is 0 Å². The zero-order chi connectivity index (χ0) is 13.5. The SMILES string of the molecule is O=S(=O)(O)O.O[Si](O)(O)O.O[Si](O)(O)O.[AlH3].[CaH2].[CaH2].[CaH2].[CaH2].[CaH2]. The number of rotatable bonds is 0. The van der Waals surface area contributed by atoms with Gasteiger partial charge in [0.05, 0.1) is 0 Å². The monoisotopic (exact) mass is 530 g/mol. The zero-order valence-electron chi connectivity index (χ0n) is 6.70. The Morgan fingerprint density at radius 3 is 0.524 bits per heavy atom. The molecule has 0 amide bonds. The Hall–Kier alpha value is 6.81. The molecule has 0 bridgehead atoms. The molecule has 0 saturated heterocycles. The van der Waals surface area contributed by atoms with Crippen molar-refractivity contribution in [1.82, 2.24) is 0 Å². The second-order valence-electron chi connectivity index (χ2n) is 1.65. The molecule has 0 atom stereocenters. The van der Waals surface area contributed by atoms with E-state index in [0.717, 1.165) is 0 Å². The van der Waals surface area contributed by atoms with Gasteiger partial charge in [-0.1, -0.05) is 0 Å². The molecule has 0 rings (SSSR count). The van der Waals surface area contributed by atoms with Gasteiger partial charge in [0.15, 0.2) is 17.4 Å². The van der Waals surface area contributed by atoms with Gasteiger partial charge < -0.3 is 38.4 Å². The molecule has 0 aliphatic carbocycles. The molecule has 0 unspecified atom stereocenters. The summed E-state index contributed by atoms with van der Waals surface area (Å²) in [6, 6.07) is 0. The van der Waals surface area contributed by atoms with E-state index in [4.69, 9.17) is 55.9 Å². The standard InChI is InChI=1S/Al.5Ca.H2O4S.2H4O4Si.13H/c;;;;;;3*1-5(2,3)4;;;;;;;;;;;;;/h;;;;;;(H2,1,2,3,4);2*1-4H;;;;;;;;;;;;;. The minimum absolute atomic E-state index is 0. The molecule has 0 aromatic carbocycles. The predicted octanol–water partition coefficient (Wildman–Crippen LogP) is -11.6. The molecular weight excluding hydrogens is 508 g/mol. The average Bonchev–Trinajstić information content (AvgIpc) is 1.41. The summed E-state index contributed by atoms with van der Waals surface area (Å²) in [6.07, 6.45) is 0. The zero-order valence-corrected chi connectivity index (χ0v) is 9.51. The van der Waals surface area contributed by atoms with Gasteiger partial charge in [0, 0.05) is 0 Å². The van der Waals surface area contributed by atoms with Crippen LogP contribution in [0.25, 0.3) is 0 Å². The van der Waals surface area contributed by atoms with Crippen LogP contribution in [0.1, 0.15) is 0 Å². The van der Waals surface area contributed by atoms with Gasteiger partial charge in [-0.05, 0) is 0 Å². The first kappa shape index (κ1) is 56.5. The van der Waals surface area contributed by atoms with Crippen LogP contribution in [-0.4, -0.2) is 280 Å². The van der Waals surface area contributed by atoms with E-state index in [1.165, 1.54) is 0 Å². The Morgan fingerprint density at radius 2 is 0.524 bits per heavy atom. The van der Waals surface area contributed by atoms with Crippen LogP contribution in [0.4, 0.5) is 0 Å². The third-order valence-corrected chi connectivity index (χ3v) is 0. The van der Waals surface area contributed by atoms with Crippen molar-refractivity contribution in [1.29, 1.82) is 0 Å². The molecule has 122 valence electrons. The van der Waals surface area contributed by atoms with Crippen LogP contribution in [0, 0.1) is 0 Å². The molecule has 0 radical (unpaired) electrons. The molecule has 0 heterocycles. The second kappa shape index (κ2) is 29.0. The van der Waals surface area contributed by atoms with Crippen molar-refractivity contribution in [3.05, 3.63) is 0 Å². The van der Waals surface area contributed by atoms with Gasteiger partial charge in [0.25, 0.3) is 0 Å². The Kier molecular flexibility index (Phi) is 78.1. The van der Waals surface area contributed by atoms with Crippen molar-refractivity contribution in [2.45, 2.75) is 0 Å². The first-order valence-electron chi connectivity index (χ1n) is 2.49. The summed E-state index contributed by atoms with van der Waals surface area (Å²) in [5.41, 5.74) is 0. The van der Waals surface area contributed by atoms with E-state index in [1.807, 2.05) is 0 Å². The summed E-state index contributed by atoms with van der Waals surface area (Å²) in [6.45, 7) is 0. The van der Waals surface area contributed by atoms with E-state index in [-0.39, 0.29) is 206 Å². The normalized spacial score (nSPS) is 8.48. The van der Waals surface area contributed by atoms with Crippen molar-refractivity contribution in [2.75, 3.05) is 0 Å². The molecule has 0 spiro atoms. The molecule has 0 aliphatic rings. The molecule has 0 aliphatic heterocycles. The van der Waals surface area contributed by atoms with E-state index in [9.17, 15) is 0 Å². The van der Waals surface area contributed by atoms with Gasteiger partial charge in [-0.25, -0.2) is 0 Å². The Morgan fingerprint density at radius 1 is 0.524 bits per heavy atom. The van der Waals surface area contributed by atoms with Gasteiger partial charge in [-0.3, -0.25) is 9.11 Å². The first-order chi connectivity index (χ1) is 6.00. The molecule has 12 nitrogen and oxygen atoms in total. The summed E-state index contributed by atoms with van der Waals surface area (Å²) in [7, 11) is -13.9. The van der Waals surface area contributed by atoms with Crippen molar-refractivity contribution in [3.63, 3.8) is 0 Å². The van der Waals surface area contributed by atoms with Crippen molar-refractivity contribution in [3.8, 4) is 0 Å². The number of hydrogen-bond donors (Lipinski definition) is 10. The van der Waals surface area contributed by atoms with E-state index < -0.39 is 28.5 Å². The van der Waals surface area contributed by atoms with Gasteiger partial charge >= 0.3 is 217 Å². The Balaban J connectivity index is -0.0000000129. The van der Waals surface area contributed by atoms with Gasteiger partial charge in [-0.15, -0.1) is 0 Å². The topological polar surface area (TPSA) is 236 Å². The van der Waals surface area contributed by atoms with E-state index in [0.29, 0.717) is 0 Å². The summed E-state index contributed by atoms with van der Waals surface area (Å²) in [5.74, 6) is 0. The van der Waals surface area contributed by atoms with E-state index in [1.54, 1.807) is 0 Å². The Labute approximate surface area is 283 Å². The fourth-order valence-corrected chi connectivity index (χ4v) is 0. The maximum atomic E-state index is 8.74. The molecule has 0 fully saturated rings. The predicted molar refractivity (Wildman–Crippen MR) is 96.1 cm³/mol. The molecule has 21 heavy (non-hydrogen) atoms. The van der Waals surface area contributed by atoms with Crippen LogP contribution in [0.2, 0.25) is 0 Å². The molecule has 21 heteroatoms. The third-order valence-electron chi connectivity index (χ3n) is 0. The summed E-state index contributed by atoms with van der Waals surface area (Å²) in [5, 5.41) is 0. The van der Waals surface area contributed by atoms with E-state index >= 15 is 0 Å². The van der Waals surface area contributed by atoms with Gasteiger partial charge in [-0.2, -0.15) is 8.42 Å². The van der Waals surface area contributed by atoms with Crippen molar-refractivity contribution in [2.24, 2.45) is 0 Å². The van der Waals surface area contributed by atoms with Gasteiger partial charge in [0.2, 0.25) is 0 Å². The molecule has 10 N–H and O–H groups in total. The fraction of sp³-hybridized carbons (Fsp3) is 0. The average molecular weight is 531 g/mol. The maximum absolute atomic E-state index is 8.74. The van der Waals surface area contributed by atoms with Crippen molar-refractivity contribution >= 4 is 235 Å². The van der Waals surface area contributed by atoms with Gasteiger partial charge in [0.1, 0.15) is 0 Å². The summed E-state index contributed by atoms with van der Waals surface area (Å²) >= 11 is 0. The Bertz CT molecular complexity index is 215. The summed E-state index contributed by atoms with van der Waals surface area (Å²) < 4.78 is 31.6. The van der Waals surface area contributed by atoms with Crippen molar-refractivity contribution < 1.29 is 55.9 Å². The van der Waals surface area contributed by atoms with Crippen LogP contribution in [0.3, 0.4) is 0 Å². The first-order valence-corrected chi connectivity index (χ1v) is 7.46.